The molecule has 0 heterocycles. The zero-order chi connectivity index (χ0) is 20.2. The zero-order valence-electron chi connectivity index (χ0n) is 15.5. The van der Waals surface area contributed by atoms with Gasteiger partial charge in [-0.15, -0.1) is 0 Å². The smallest absolute Gasteiger partial charge is 0.303 e. The van der Waals surface area contributed by atoms with E-state index in [1.165, 1.54) is 6.92 Å². The van der Waals surface area contributed by atoms with E-state index in [-0.39, 0.29) is 19.4 Å². The first kappa shape index (κ1) is 22.2. The van der Waals surface area contributed by atoms with Crippen LogP contribution in [0.4, 0.5) is 5.69 Å². The Labute approximate surface area is 158 Å². The molecule has 0 saturated carbocycles. The number of carbonyl (C=O) groups is 3. The lowest BCUT2D eigenvalue weighted by atomic mass is 10.2. The van der Waals surface area contributed by atoms with Gasteiger partial charge in [-0.3, -0.25) is 14.4 Å². The second-order valence-corrected chi connectivity index (χ2v) is 5.96. The summed E-state index contributed by atoms with van der Waals surface area (Å²) in [4.78, 5) is 34.5. The van der Waals surface area contributed by atoms with Gasteiger partial charge in [0.2, 0.25) is 5.91 Å². The molecule has 0 aliphatic rings. The molecule has 0 aliphatic carbocycles. The van der Waals surface area contributed by atoms with Gasteiger partial charge in [0.1, 0.15) is 5.75 Å². The first-order chi connectivity index (χ1) is 12.8. The maximum Gasteiger partial charge on any atom is 0.303 e. The molecule has 0 bridgehead atoms. The van der Waals surface area contributed by atoms with Gasteiger partial charge in [-0.1, -0.05) is 0 Å². The van der Waals surface area contributed by atoms with Crippen molar-refractivity contribution in [1.82, 2.24) is 10.6 Å². The van der Waals surface area contributed by atoms with Crippen molar-refractivity contribution in [2.24, 2.45) is 0 Å². The highest BCUT2D eigenvalue weighted by Crippen LogP contribution is 2.16. The fourth-order valence-corrected chi connectivity index (χ4v) is 2.16. The number of aliphatic hydroxyl groups is 1. The van der Waals surface area contributed by atoms with Crippen LogP contribution in [-0.4, -0.2) is 53.4 Å². The lowest BCUT2D eigenvalue weighted by Crippen LogP contribution is -2.51. The number of ether oxygens (including phenoxy) is 1. The second-order valence-electron chi connectivity index (χ2n) is 5.96. The predicted octanol–water partition coefficient (Wildman–Crippen LogP) is 0.691. The number of anilines is 1. The summed E-state index contributed by atoms with van der Waals surface area (Å²) in [6, 6.07) is 6.71. The molecule has 0 aromatic heterocycles. The Kier molecular flexibility index (Phi) is 9.66. The molecule has 5 N–H and O–H groups in total. The highest BCUT2D eigenvalue weighted by atomic mass is 16.5. The summed E-state index contributed by atoms with van der Waals surface area (Å²) in [6.07, 6.45) is -1.46. The molecule has 1 aromatic carbocycles. The number of aliphatic carboxylic acids is 1. The summed E-state index contributed by atoms with van der Waals surface area (Å²) in [5.74, 6) is -1.15. The van der Waals surface area contributed by atoms with Gasteiger partial charge in [0.25, 0.3) is 5.91 Å². The summed E-state index contributed by atoms with van der Waals surface area (Å²) in [6.45, 7) is 3.95. The number of aliphatic hydroxyl groups excluding tert-OH is 1. The lowest BCUT2D eigenvalue weighted by molar-refractivity contribution is -0.137. The average Bonchev–Trinajstić information content (AvgIpc) is 2.59. The van der Waals surface area contributed by atoms with Crippen LogP contribution in [0.15, 0.2) is 24.3 Å². The molecular weight excluding hydrogens is 354 g/mol. The van der Waals surface area contributed by atoms with Crippen LogP contribution in [0.25, 0.3) is 0 Å². The van der Waals surface area contributed by atoms with Gasteiger partial charge >= 0.3 is 5.97 Å². The molecule has 9 nitrogen and oxygen atoms in total. The quantitative estimate of drug-likeness (QED) is 0.265. The second kappa shape index (κ2) is 11.7. The van der Waals surface area contributed by atoms with Crippen LogP contribution in [0.5, 0.6) is 5.75 Å². The van der Waals surface area contributed by atoms with Crippen LogP contribution in [-0.2, 0) is 14.4 Å². The van der Waals surface area contributed by atoms with Crippen LogP contribution in [0.3, 0.4) is 0 Å². The molecule has 0 fully saturated rings. The maximum absolute atomic E-state index is 12.1. The molecule has 9 heteroatoms. The molecule has 1 rings (SSSR count). The van der Waals surface area contributed by atoms with Crippen LogP contribution < -0.4 is 20.7 Å². The van der Waals surface area contributed by atoms with E-state index in [0.717, 1.165) is 0 Å². The van der Waals surface area contributed by atoms with Gasteiger partial charge in [0.15, 0.2) is 6.17 Å². The number of nitrogens with one attached hydrogen (secondary N) is 3. The van der Waals surface area contributed by atoms with Crippen molar-refractivity contribution in [2.45, 2.75) is 45.4 Å². The molecule has 2 unspecified atom stereocenters. The number of carboxylic acids is 1. The van der Waals surface area contributed by atoms with E-state index in [0.29, 0.717) is 24.4 Å². The number of likely N-dealkylation sites (N-methyl/N-ethyl adjacent to an activating group) is 1. The minimum Gasteiger partial charge on any atom is -0.494 e. The summed E-state index contributed by atoms with van der Waals surface area (Å²) >= 11 is 0. The third-order valence-corrected chi connectivity index (χ3v) is 3.37. The molecule has 0 spiro atoms. The maximum atomic E-state index is 12.1. The van der Waals surface area contributed by atoms with Crippen molar-refractivity contribution < 1.29 is 29.3 Å². The van der Waals surface area contributed by atoms with Crippen LogP contribution in [0.1, 0.15) is 33.1 Å². The van der Waals surface area contributed by atoms with Crippen LogP contribution in [0.2, 0.25) is 0 Å². The topological polar surface area (TPSA) is 137 Å². The Bertz CT molecular complexity index is 618. The van der Waals surface area contributed by atoms with Gasteiger partial charge in [0, 0.05) is 18.7 Å². The number of amides is 2. The average molecular weight is 381 g/mol. The molecule has 150 valence electrons. The third kappa shape index (κ3) is 9.45. The summed E-state index contributed by atoms with van der Waals surface area (Å²) in [5, 5.41) is 26.0. The molecule has 1 aromatic rings. The van der Waals surface area contributed by atoms with E-state index < -0.39 is 30.1 Å². The van der Waals surface area contributed by atoms with E-state index >= 15 is 0 Å². The number of hydrogen-bond donors (Lipinski definition) is 5. The van der Waals surface area contributed by atoms with Gasteiger partial charge < -0.3 is 30.9 Å². The Morgan fingerprint density at radius 1 is 1.19 bits per heavy atom. The van der Waals surface area contributed by atoms with Gasteiger partial charge in [-0.2, -0.15) is 0 Å². The monoisotopic (exact) mass is 381 g/mol. The number of carboxylic acid groups (broad SMARTS) is 1. The van der Waals surface area contributed by atoms with E-state index in [9.17, 15) is 19.5 Å². The summed E-state index contributed by atoms with van der Waals surface area (Å²) < 4.78 is 5.44. The normalized spacial score (nSPS) is 12.6. The van der Waals surface area contributed by atoms with Crippen molar-refractivity contribution in [2.75, 3.05) is 18.5 Å². The lowest BCUT2D eigenvalue weighted by Gasteiger charge is -2.21. The van der Waals surface area contributed by atoms with Gasteiger partial charge in [0.05, 0.1) is 19.1 Å². The zero-order valence-corrected chi connectivity index (χ0v) is 15.5. The van der Waals surface area contributed by atoms with Crippen LogP contribution in [0, 0.1) is 0 Å². The fraction of sp³-hybridized carbons (Fsp3) is 0.500. The largest absolute Gasteiger partial charge is 0.494 e. The Balaban J connectivity index is 2.64. The SMILES string of the molecule is CCNC(=O)C(NC(=O)CC(C)O)Nc1ccc(OCCCC(=O)O)cc1. The van der Waals surface area contributed by atoms with E-state index in [2.05, 4.69) is 16.0 Å². The Hall–Kier alpha value is -2.81. The molecule has 0 aliphatic heterocycles. The first-order valence-electron chi connectivity index (χ1n) is 8.78. The Morgan fingerprint density at radius 3 is 2.41 bits per heavy atom. The highest BCUT2D eigenvalue weighted by molar-refractivity contribution is 5.89. The van der Waals surface area contributed by atoms with Crippen molar-refractivity contribution in [1.29, 1.82) is 0 Å². The standard InChI is InChI=1S/C18H27N3O6/c1-3-19-18(26)17(21-15(23)11-12(2)22)20-13-6-8-14(9-7-13)27-10-4-5-16(24)25/h6-9,12,17,20,22H,3-5,10-11H2,1-2H3,(H,19,26)(H,21,23)(H,24,25). The summed E-state index contributed by atoms with van der Waals surface area (Å²) in [5.41, 5.74) is 0.585. The number of rotatable bonds is 12. The third-order valence-electron chi connectivity index (χ3n) is 3.37. The van der Waals surface area contributed by atoms with E-state index in [4.69, 9.17) is 9.84 Å². The number of benzene rings is 1. The molecule has 2 atom stereocenters. The molecule has 0 saturated heterocycles. The molecule has 27 heavy (non-hydrogen) atoms. The Morgan fingerprint density at radius 2 is 1.85 bits per heavy atom. The molecular formula is C18H27N3O6. The van der Waals surface area contributed by atoms with Crippen molar-refractivity contribution in [3.05, 3.63) is 24.3 Å². The minimum absolute atomic E-state index is 0.0417. The van der Waals surface area contributed by atoms with Crippen molar-refractivity contribution in [3.63, 3.8) is 0 Å². The highest BCUT2D eigenvalue weighted by Gasteiger charge is 2.20. The van der Waals surface area contributed by atoms with Crippen LogP contribution >= 0.6 is 0 Å². The molecule has 0 radical (unpaired) electrons. The van der Waals surface area contributed by atoms with E-state index in [1.807, 2.05) is 0 Å². The number of hydrogen-bond acceptors (Lipinski definition) is 6. The summed E-state index contributed by atoms with van der Waals surface area (Å²) in [7, 11) is 0. The minimum atomic E-state index is -0.987. The predicted molar refractivity (Wildman–Crippen MR) is 99.3 cm³/mol. The fourth-order valence-electron chi connectivity index (χ4n) is 2.16. The van der Waals surface area contributed by atoms with Gasteiger partial charge in [-0.25, -0.2) is 0 Å². The van der Waals surface area contributed by atoms with Crippen molar-refractivity contribution in [3.8, 4) is 5.75 Å². The first-order valence-corrected chi connectivity index (χ1v) is 8.78. The molecule has 2 amide bonds. The number of carbonyl (C=O) groups excluding carboxylic acids is 2. The van der Waals surface area contributed by atoms with Gasteiger partial charge in [-0.05, 0) is 44.5 Å². The van der Waals surface area contributed by atoms with Crippen molar-refractivity contribution >= 4 is 23.5 Å². The van der Waals surface area contributed by atoms with E-state index in [1.54, 1.807) is 31.2 Å².